The molecule has 0 radical (unpaired) electrons. The summed E-state index contributed by atoms with van der Waals surface area (Å²) in [7, 11) is 4.61. The van der Waals surface area contributed by atoms with Gasteiger partial charge in [0.2, 0.25) is 0 Å². The Labute approximate surface area is 107 Å². The van der Waals surface area contributed by atoms with Gasteiger partial charge in [-0.15, -0.1) is 0 Å². The number of aliphatic hydroxyl groups excluding tert-OH is 2. The summed E-state index contributed by atoms with van der Waals surface area (Å²) in [4.78, 5) is 0. The third-order valence-electron chi connectivity index (χ3n) is 2.73. The van der Waals surface area contributed by atoms with Gasteiger partial charge in [0.15, 0.2) is 11.5 Å². The Morgan fingerprint density at radius 1 is 1.00 bits per heavy atom. The van der Waals surface area contributed by atoms with Crippen LogP contribution in [0.3, 0.4) is 0 Å². The van der Waals surface area contributed by atoms with Gasteiger partial charge in [0.25, 0.3) is 0 Å². The van der Waals surface area contributed by atoms with Gasteiger partial charge in [0.1, 0.15) is 5.75 Å². The van der Waals surface area contributed by atoms with Gasteiger partial charge in [-0.05, 0) is 18.9 Å². The number of aliphatic hydroxyl groups is 2. The van der Waals surface area contributed by atoms with E-state index in [1.807, 2.05) is 0 Å². The summed E-state index contributed by atoms with van der Waals surface area (Å²) in [6, 6.07) is 3.37. The average Bonchev–Trinajstić information content (AvgIpc) is 2.42. The SMILES string of the molecule is COc1cc(OC)c(C(O)CCCO)cc1OC. The Morgan fingerprint density at radius 3 is 2.06 bits per heavy atom. The highest BCUT2D eigenvalue weighted by atomic mass is 16.5. The number of methoxy groups -OCH3 is 3. The lowest BCUT2D eigenvalue weighted by Crippen LogP contribution is -2.03. The average molecular weight is 256 g/mol. The third-order valence-corrected chi connectivity index (χ3v) is 2.73. The van der Waals surface area contributed by atoms with Crippen molar-refractivity contribution < 1.29 is 24.4 Å². The van der Waals surface area contributed by atoms with E-state index in [1.54, 1.807) is 19.2 Å². The second-order valence-corrected chi connectivity index (χ2v) is 3.83. The predicted octanol–water partition coefficient (Wildman–Crippen LogP) is 1.52. The Kier molecular flexibility index (Phi) is 5.74. The topological polar surface area (TPSA) is 68.2 Å². The Morgan fingerprint density at radius 2 is 1.56 bits per heavy atom. The van der Waals surface area contributed by atoms with Crippen molar-refractivity contribution in [3.63, 3.8) is 0 Å². The number of benzene rings is 1. The molecule has 1 atom stereocenters. The lowest BCUT2D eigenvalue weighted by molar-refractivity contribution is 0.148. The molecule has 5 heteroatoms. The molecular weight excluding hydrogens is 236 g/mol. The molecule has 0 saturated heterocycles. The molecule has 0 bridgehead atoms. The predicted molar refractivity (Wildman–Crippen MR) is 67.4 cm³/mol. The van der Waals surface area contributed by atoms with Crippen molar-refractivity contribution in [1.29, 1.82) is 0 Å². The molecule has 0 saturated carbocycles. The zero-order valence-electron chi connectivity index (χ0n) is 11.0. The van der Waals surface area contributed by atoms with Crippen molar-refractivity contribution >= 4 is 0 Å². The van der Waals surface area contributed by atoms with E-state index < -0.39 is 6.10 Å². The van der Waals surface area contributed by atoms with Crippen LogP contribution in [0.1, 0.15) is 24.5 Å². The molecule has 0 aromatic heterocycles. The van der Waals surface area contributed by atoms with E-state index in [-0.39, 0.29) is 6.61 Å². The van der Waals surface area contributed by atoms with Crippen LogP contribution < -0.4 is 14.2 Å². The van der Waals surface area contributed by atoms with Gasteiger partial charge in [-0.1, -0.05) is 0 Å². The van der Waals surface area contributed by atoms with E-state index in [2.05, 4.69) is 0 Å². The Hall–Kier alpha value is -1.46. The monoisotopic (exact) mass is 256 g/mol. The van der Waals surface area contributed by atoms with E-state index in [0.29, 0.717) is 35.7 Å². The number of hydrogen-bond donors (Lipinski definition) is 2. The van der Waals surface area contributed by atoms with Crippen LogP contribution in [0, 0.1) is 0 Å². The lowest BCUT2D eigenvalue weighted by atomic mass is 10.0. The fourth-order valence-corrected chi connectivity index (χ4v) is 1.75. The highest BCUT2D eigenvalue weighted by molar-refractivity contribution is 5.51. The van der Waals surface area contributed by atoms with Crippen molar-refractivity contribution in [3.8, 4) is 17.2 Å². The second-order valence-electron chi connectivity index (χ2n) is 3.83. The minimum Gasteiger partial charge on any atom is -0.496 e. The summed E-state index contributed by atoms with van der Waals surface area (Å²) in [6.07, 6.45) is 0.285. The first kappa shape index (κ1) is 14.6. The standard InChI is InChI=1S/C13H20O5/c1-16-11-8-13(18-3)12(17-2)7-9(11)10(15)5-4-6-14/h7-8,10,14-15H,4-6H2,1-3H3. The number of hydrogen-bond acceptors (Lipinski definition) is 5. The normalized spacial score (nSPS) is 12.1. The van der Waals surface area contributed by atoms with Crippen LogP contribution in [0.4, 0.5) is 0 Å². The van der Waals surface area contributed by atoms with Gasteiger partial charge >= 0.3 is 0 Å². The maximum atomic E-state index is 10.1. The number of rotatable bonds is 7. The lowest BCUT2D eigenvalue weighted by Gasteiger charge is -2.17. The van der Waals surface area contributed by atoms with E-state index >= 15 is 0 Å². The zero-order chi connectivity index (χ0) is 13.5. The molecule has 0 fully saturated rings. The zero-order valence-corrected chi connectivity index (χ0v) is 11.0. The summed E-state index contributed by atoms with van der Waals surface area (Å²) in [6.45, 7) is 0.0483. The molecule has 0 spiro atoms. The fraction of sp³-hybridized carbons (Fsp3) is 0.538. The van der Waals surface area contributed by atoms with Crippen LogP contribution in [-0.2, 0) is 0 Å². The van der Waals surface area contributed by atoms with Crippen LogP contribution in [-0.4, -0.2) is 38.1 Å². The van der Waals surface area contributed by atoms with Gasteiger partial charge in [0.05, 0.1) is 27.4 Å². The largest absolute Gasteiger partial charge is 0.496 e. The first-order valence-electron chi connectivity index (χ1n) is 5.76. The van der Waals surface area contributed by atoms with Gasteiger partial charge in [0, 0.05) is 18.2 Å². The van der Waals surface area contributed by atoms with Crippen molar-refractivity contribution in [2.45, 2.75) is 18.9 Å². The molecule has 0 amide bonds. The molecule has 1 rings (SSSR count). The van der Waals surface area contributed by atoms with E-state index in [0.717, 1.165) is 0 Å². The van der Waals surface area contributed by atoms with E-state index in [9.17, 15) is 5.11 Å². The minimum absolute atomic E-state index is 0.0483. The van der Waals surface area contributed by atoms with Crippen molar-refractivity contribution in [2.75, 3.05) is 27.9 Å². The van der Waals surface area contributed by atoms with E-state index in [1.165, 1.54) is 14.2 Å². The molecule has 1 unspecified atom stereocenters. The Balaban J connectivity index is 3.08. The fourth-order valence-electron chi connectivity index (χ4n) is 1.75. The van der Waals surface area contributed by atoms with Gasteiger partial charge in [-0.3, -0.25) is 0 Å². The summed E-state index contributed by atoms with van der Waals surface area (Å²) in [5.41, 5.74) is 0.628. The van der Waals surface area contributed by atoms with Crippen molar-refractivity contribution in [1.82, 2.24) is 0 Å². The highest BCUT2D eigenvalue weighted by Crippen LogP contribution is 2.38. The van der Waals surface area contributed by atoms with Gasteiger partial charge in [-0.25, -0.2) is 0 Å². The highest BCUT2D eigenvalue weighted by Gasteiger charge is 2.17. The molecule has 5 nitrogen and oxygen atoms in total. The van der Waals surface area contributed by atoms with Crippen LogP contribution in [0.25, 0.3) is 0 Å². The third kappa shape index (κ3) is 3.27. The molecule has 0 aliphatic heterocycles. The van der Waals surface area contributed by atoms with Crippen molar-refractivity contribution in [2.24, 2.45) is 0 Å². The maximum absolute atomic E-state index is 10.1. The number of ether oxygens (including phenoxy) is 3. The smallest absolute Gasteiger partial charge is 0.164 e. The molecule has 102 valence electrons. The van der Waals surface area contributed by atoms with Crippen LogP contribution in [0.2, 0.25) is 0 Å². The first-order valence-corrected chi connectivity index (χ1v) is 5.76. The quantitative estimate of drug-likeness (QED) is 0.774. The molecule has 0 aliphatic rings. The molecule has 0 heterocycles. The summed E-state index contributed by atoms with van der Waals surface area (Å²) >= 11 is 0. The Bertz CT molecular complexity index is 378. The molecule has 18 heavy (non-hydrogen) atoms. The van der Waals surface area contributed by atoms with Crippen molar-refractivity contribution in [3.05, 3.63) is 17.7 Å². The van der Waals surface area contributed by atoms with E-state index in [4.69, 9.17) is 19.3 Å². The molecule has 2 N–H and O–H groups in total. The summed E-state index contributed by atoms with van der Waals surface area (Å²) < 4.78 is 15.6. The van der Waals surface area contributed by atoms with Crippen LogP contribution in [0.5, 0.6) is 17.2 Å². The molecule has 1 aromatic rings. The maximum Gasteiger partial charge on any atom is 0.164 e. The minimum atomic E-state index is -0.702. The summed E-state index contributed by atoms with van der Waals surface area (Å²) in [5, 5.41) is 18.8. The second kappa shape index (κ2) is 7.08. The first-order chi connectivity index (χ1) is 8.67. The van der Waals surface area contributed by atoms with Crippen LogP contribution >= 0.6 is 0 Å². The molecule has 0 aliphatic carbocycles. The molecule has 1 aromatic carbocycles. The van der Waals surface area contributed by atoms with Gasteiger partial charge < -0.3 is 24.4 Å². The summed E-state index contributed by atoms with van der Waals surface area (Å²) in [5.74, 6) is 1.63. The van der Waals surface area contributed by atoms with Crippen LogP contribution in [0.15, 0.2) is 12.1 Å². The molecular formula is C13H20O5. The van der Waals surface area contributed by atoms with Gasteiger partial charge in [-0.2, -0.15) is 0 Å².